The highest BCUT2D eigenvalue weighted by Gasteiger charge is 2.22. The standard InChI is InChI=1S/C48H30N2/c1-2-13-31(14-3-1)32-15-12-16-33(29-32)49-45-23-10-8-21-40(45)42-27-28-43-41-22-9-11-24-46(41)50(48(43)47(42)49)34-25-26-39-37-19-5-4-17-35(37)36-18-6-7-20-38(36)44(39)30-34/h1-30H. The Morgan fingerprint density at radius 3 is 1.24 bits per heavy atom. The lowest BCUT2D eigenvalue weighted by Crippen LogP contribution is -1.99. The van der Waals surface area contributed by atoms with Gasteiger partial charge >= 0.3 is 0 Å². The zero-order valence-corrected chi connectivity index (χ0v) is 27.2. The molecule has 11 rings (SSSR count). The Morgan fingerprint density at radius 2 is 0.660 bits per heavy atom. The molecule has 0 amide bonds. The molecule has 9 aromatic carbocycles. The molecule has 2 heterocycles. The molecule has 0 aliphatic heterocycles. The first-order valence-electron chi connectivity index (χ1n) is 17.3. The molecular weight excluding hydrogens is 605 g/mol. The third-order valence-corrected chi connectivity index (χ3v) is 10.7. The third kappa shape index (κ3) is 3.79. The average Bonchev–Trinajstić information content (AvgIpc) is 3.71. The van der Waals surface area contributed by atoms with Gasteiger partial charge in [-0.1, -0.05) is 146 Å². The lowest BCUT2D eigenvalue weighted by Gasteiger charge is -2.15. The third-order valence-electron chi connectivity index (χ3n) is 10.7. The summed E-state index contributed by atoms with van der Waals surface area (Å²) in [6, 6.07) is 66.7. The Hall–Kier alpha value is -6.64. The molecule has 2 heteroatoms. The maximum absolute atomic E-state index is 2.51. The van der Waals surface area contributed by atoms with Gasteiger partial charge in [-0.15, -0.1) is 0 Å². The van der Waals surface area contributed by atoms with Gasteiger partial charge in [0.15, 0.2) is 0 Å². The van der Waals surface area contributed by atoms with Crippen molar-refractivity contribution in [2.24, 2.45) is 0 Å². The monoisotopic (exact) mass is 634 g/mol. The molecule has 0 fully saturated rings. The van der Waals surface area contributed by atoms with Crippen LogP contribution in [0.4, 0.5) is 0 Å². The molecule has 0 saturated carbocycles. The Balaban J connectivity index is 1.30. The molecule has 0 N–H and O–H groups in total. The molecule has 0 saturated heterocycles. The van der Waals surface area contributed by atoms with Gasteiger partial charge in [-0.2, -0.15) is 0 Å². The predicted molar refractivity (Wildman–Crippen MR) is 213 cm³/mol. The van der Waals surface area contributed by atoms with Gasteiger partial charge < -0.3 is 9.13 Å². The molecule has 0 bridgehead atoms. The molecule has 0 unspecified atom stereocenters. The molecule has 0 spiro atoms. The second-order valence-electron chi connectivity index (χ2n) is 13.3. The van der Waals surface area contributed by atoms with Crippen molar-refractivity contribution in [2.45, 2.75) is 0 Å². The number of para-hydroxylation sites is 2. The van der Waals surface area contributed by atoms with Crippen molar-refractivity contribution >= 4 is 75.9 Å². The molecular formula is C48H30N2. The molecule has 232 valence electrons. The highest BCUT2D eigenvalue weighted by molar-refractivity contribution is 6.27. The summed E-state index contributed by atoms with van der Waals surface area (Å²) < 4.78 is 4.99. The molecule has 0 aliphatic carbocycles. The Labute approximate surface area is 288 Å². The number of aromatic nitrogens is 2. The van der Waals surface area contributed by atoms with Gasteiger partial charge in [0, 0.05) is 32.9 Å². The van der Waals surface area contributed by atoms with E-state index in [9.17, 15) is 0 Å². The summed E-state index contributed by atoms with van der Waals surface area (Å²) in [7, 11) is 0. The van der Waals surface area contributed by atoms with Crippen LogP contribution in [0.25, 0.3) is 98.4 Å². The maximum atomic E-state index is 2.51. The minimum Gasteiger partial charge on any atom is -0.307 e. The average molecular weight is 635 g/mol. The Kier molecular flexibility index (Phi) is 5.70. The number of nitrogens with zero attached hydrogens (tertiary/aromatic N) is 2. The molecule has 0 atom stereocenters. The highest BCUT2D eigenvalue weighted by atomic mass is 15.0. The normalized spacial score (nSPS) is 12.0. The fourth-order valence-electron chi connectivity index (χ4n) is 8.53. The summed E-state index contributed by atoms with van der Waals surface area (Å²) >= 11 is 0. The number of hydrogen-bond donors (Lipinski definition) is 0. The summed E-state index contributed by atoms with van der Waals surface area (Å²) in [4.78, 5) is 0. The number of hydrogen-bond acceptors (Lipinski definition) is 0. The first-order valence-corrected chi connectivity index (χ1v) is 17.3. The molecule has 0 radical (unpaired) electrons. The van der Waals surface area contributed by atoms with Gasteiger partial charge in [0.25, 0.3) is 0 Å². The second kappa shape index (κ2) is 10.4. The van der Waals surface area contributed by atoms with Crippen LogP contribution < -0.4 is 0 Å². The quantitative estimate of drug-likeness (QED) is 0.171. The zero-order chi connectivity index (χ0) is 32.8. The first-order chi connectivity index (χ1) is 24.8. The smallest absolute Gasteiger partial charge is 0.0788 e. The maximum Gasteiger partial charge on any atom is 0.0788 e. The van der Waals surface area contributed by atoms with Crippen molar-refractivity contribution < 1.29 is 0 Å². The van der Waals surface area contributed by atoms with E-state index in [1.165, 1.54) is 87.1 Å². The van der Waals surface area contributed by atoms with Crippen molar-refractivity contribution in [1.29, 1.82) is 0 Å². The molecule has 2 aromatic heterocycles. The van der Waals surface area contributed by atoms with Crippen LogP contribution in [0, 0.1) is 0 Å². The summed E-state index contributed by atoms with van der Waals surface area (Å²) in [5, 5.41) is 12.7. The van der Waals surface area contributed by atoms with Gasteiger partial charge in [0.1, 0.15) is 0 Å². The van der Waals surface area contributed by atoms with Crippen LogP contribution in [-0.4, -0.2) is 9.13 Å². The van der Waals surface area contributed by atoms with Crippen LogP contribution in [0.5, 0.6) is 0 Å². The van der Waals surface area contributed by atoms with Crippen LogP contribution in [0.15, 0.2) is 182 Å². The predicted octanol–water partition coefficient (Wildman–Crippen LogP) is 13.0. The summed E-state index contributed by atoms with van der Waals surface area (Å²) in [5.74, 6) is 0. The van der Waals surface area contributed by atoms with Crippen LogP contribution in [0.2, 0.25) is 0 Å². The van der Waals surface area contributed by atoms with Gasteiger partial charge in [-0.05, 0) is 79.8 Å². The van der Waals surface area contributed by atoms with Gasteiger partial charge in [0.2, 0.25) is 0 Å². The Bertz CT molecular complexity index is 3110. The van der Waals surface area contributed by atoms with Crippen LogP contribution in [0.3, 0.4) is 0 Å². The van der Waals surface area contributed by atoms with Gasteiger partial charge in [-0.3, -0.25) is 0 Å². The molecule has 50 heavy (non-hydrogen) atoms. The van der Waals surface area contributed by atoms with Crippen molar-refractivity contribution in [2.75, 3.05) is 0 Å². The van der Waals surface area contributed by atoms with Crippen LogP contribution in [0.1, 0.15) is 0 Å². The van der Waals surface area contributed by atoms with E-state index < -0.39 is 0 Å². The fourth-order valence-corrected chi connectivity index (χ4v) is 8.53. The van der Waals surface area contributed by atoms with E-state index >= 15 is 0 Å². The van der Waals surface area contributed by atoms with E-state index in [0.29, 0.717) is 0 Å². The highest BCUT2D eigenvalue weighted by Crippen LogP contribution is 2.43. The van der Waals surface area contributed by atoms with Crippen molar-refractivity contribution in [1.82, 2.24) is 9.13 Å². The lowest BCUT2D eigenvalue weighted by atomic mass is 9.94. The van der Waals surface area contributed by atoms with E-state index in [4.69, 9.17) is 0 Å². The summed E-state index contributed by atoms with van der Waals surface area (Å²) in [6.45, 7) is 0. The lowest BCUT2D eigenvalue weighted by molar-refractivity contribution is 1.15. The van der Waals surface area contributed by atoms with E-state index in [2.05, 4.69) is 191 Å². The minimum absolute atomic E-state index is 1.15. The van der Waals surface area contributed by atoms with E-state index in [-0.39, 0.29) is 0 Å². The van der Waals surface area contributed by atoms with Crippen molar-refractivity contribution in [3.63, 3.8) is 0 Å². The van der Waals surface area contributed by atoms with E-state index in [1.54, 1.807) is 0 Å². The van der Waals surface area contributed by atoms with E-state index in [1.807, 2.05) is 0 Å². The molecule has 0 aliphatic rings. The van der Waals surface area contributed by atoms with Crippen LogP contribution >= 0.6 is 0 Å². The zero-order valence-electron chi connectivity index (χ0n) is 27.2. The SMILES string of the molecule is c1ccc(-c2cccc(-n3c4ccccc4c4ccc5c6ccccc6n(-c6ccc7c8ccccc8c8ccccc8c7c6)c5c43)c2)cc1. The Morgan fingerprint density at radius 1 is 0.240 bits per heavy atom. The topological polar surface area (TPSA) is 9.86 Å². The largest absolute Gasteiger partial charge is 0.307 e. The fraction of sp³-hybridized carbons (Fsp3) is 0. The van der Waals surface area contributed by atoms with E-state index in [0.717, 1.165) is 11.4 Å². The number of benzene rings is 9. The van der Waals surface area contributed by atoms with Crippen molar-refractivity contribution in [3.8, 4) is 22.5 Å². The molecule has 11 aromatic rings. The van der Waals surface area contributed by atoms with Gasteiger partial charge in [0.05, 0.1) is 22.1 Å². The number of rotatable bonds is 3. The van der Waals surface area contributed by atoms with Crippen LogP contribution in [-0.2, 0) is 0 Å². The second-order valence-corrected chi connectivity index (χ2v) is 13.3. The summed E-state index contributed by atoms with van der Waals surface area (Å²) in [5.41, 5.74) is 9.57. The summed E-state index contributed by atoms with van der Waals surface area (Å²) in [6.07, 6.45) is 0. The van der Waals surface area contributed by atoms with Crippen molar-refractivity contribution in [3.05, 3.63) is 182 Å². The number of fused-ring (bicyclic) bond motifs is 13. The molecule has 2 nitrogen and oxygen atoms in total. The first kappa shape index (κ1) is 27.3. The van der Waals surface area contributed by atoms with Gasteiger partial charge in [-0.25, -0.2) is 0 Å². The minimum atomic E-state index is 1.15.